The first-order valence-electron chi connectivity index (χ1n) is 18.0. The van der Waals surface area contributed by atoms with Gasteiger partial charge in [0.05, 0.1) is 15.9 Å². The highest BCUT2D eigenvalue weighted by Gasteiger charge is 2.39. The SMILES string of the molecule is C#Cc1ccc(CN(CCOC(=O)OC2C[C@H](n3cc(C)c(=O)[nH]c3=O)O[C@@H]2CC)CC2CCCCN2C(=O)OCC2=Cc3ccccc3S2(=O)=O)cc1. The zero-order valence-electron chi connectivity index (χ0n) is 30.3. The summed E-state index contributed by atoms with van der Waals surface area (Å²) in [7, 11) is -3.73. The number of ether oxygens (including phenoxy) is 4. The van der Waals surface area contributed by atoms with E-state index in [0.29, 0.717) is 50.1 Å². The van der Waals surface area contributed by atoms with E-state index >= 15 is 0 Å². The molecule has 3 aliphatic heterocycles. The molecule has 3 aromatic rings. The predicted molar refractivity (Wildman–Crippen MR) is 198 cm³/mol. The second-order valence-electron chi connectivity index (χ2n) is 13.6. The second kappa shape index (κ2) is 16.9. The van der Waals surface area contributed by atoms with Crippen molar-refractivity contribution in [2.45, 2.75) is 81.9 Å². The molecule has 15 heteroatoms. The molecule has 4 atom stereocenters. The van der Waals surface area contributed by atoms with Crippen LogP contribution in [0.3, 0.4) is 0 Å². The van der Waals surface area contributed by atoms with Crippen molar-refractivity contribution < 1.29 is 37.0 Å². The lowest BCUT2D eigenvalue weighted by molar-refractivity contribution is -0.0385. The Labute approximate surface area is 313 Å². The number of fused-ring (bicyclic) bond motifs is 1. The molecule has 54 heavy (non-hydrogen) atoms. The van der Waals surface area contributed by atoms with E-state index < -0.39 is 51.8 Å². The number of terminal acetylenes is 1. The van der Waals surface area contributed by atoms with Crippen molar-refractivity contribution in [3.8, 4) is 12.3 Å². The summed E-state index contributed by atoms with van der Waals surface area (Å²) in [6.07, 6.45) is 8.24. The van der Waals surface area contributed by atoms with Crippen LogP contribution in [0.25, 0.3) is 6.08 Å². The van der Waals surface area contributed by atoms with Gasteiger partial charge >= 0.3 is 17.9 Å². The molecule has 2 saturated heterocycles. The van der Waals surface area contributed by atoms with E-state index in [1.165, 1.54) is 16.8 Å². The van der Waals surface area contributed by atoms with Gasteiger partial charge < -0.3 is 23.8 Å². The number of nitrogens with zero attached hydrogens (tertiary/aromatic N) is 3. The van der Waals surface area contributed by atoms with Crippen molar-refractivity contribution in [3.05, 3.63) is 103 Å². The summed E-state index contributed by atoms with van der Waals surface area (Å²) in [5.41, 5.74) is 1.53. The lowest BCUT2D eigenvalue weighted by Gasteiger charge is -2.38. The smallest absolute Gasteiger partial charge is 0.444 e. The quantitative estimate of drug-likeness (QED) is 0.206. The summed E-state index contributed by atoms with van der Waals surface area (Å²) in [4.78, 5) is 56.9. The largest absolute Gasteiger partial charge is 0.508 e. The number of aromatic nitrogens is 2. The van der Waals surface area contributed by atoms with Crippen LogP contribution in [0, 0.1) is 19.3 Å². The molecular weight excluding hydrogens is 717 g/mol. The van der Waals surface area contributed by atoms with Gasteiger partial charge in [-0.15, -0.1) is 6.42 Å². The molecular formula is C39H44N4O10S. The molecule has 2 fully saturated rings. The van der Waals surface area contributed by atoms with E-state index in [1.807, 2.05) is 31.2 Å². The Morgan fingerprint density at radius 3 is 2.61 bits per heavy atom. The summed E-state index contributed by atoms with van der Waals surface area (Å²) in [5.74, 6) is 2.61. The number of hydrogen-bond acceptors (Lipinski definition) is 11. The number of hydrogen-bond donors (Lipinski definition) is 1. The summed E-state index contributed by atoms with van der Waals surface area (Å²) < 4.78 is 50.1. The van der Waals surface area contributed by atoms with Crippen LogP contribution in [0.1, 0.15) is 67.5 Å². The highest BCUT2D eigenvalue weighted by atomic mass is 32.2. The number of benzene rings is 2. The number of amides is 1. The molecule has 4 heterocycles. The van der Waals surface area contributed by atoms with E-state index in [1.54, 1.807) is 36.1 Å². The summed E-state index contributed by atoms with van der Waals surface area (Å²) in [6.45, 7) is 4.74. The van der Waals surface area contributed by atoms with Crippen LogP contribution >= 0.6 is 0 Å². The van der Waals surface area contributed by atoms with Gasteiger partial charge in [-0.25, -0.2) is 22.8 Å². The van der Waals surface area contributed by atoms with Gasteiger partial charge in [-0.05, 0) is 68.0 Å². The fourth-order valence-electron chi connectivity index (χ4n) is 7.07. The van der Waals surface area contributed by atoms with Crippen molar-refractivity contribution in [3.63, 3.8) is 0 Å². The number of carbonyl (C=O) groups is 2. The second-order valence-corrected chi connectivity index (χ2v) is 15.6. The highest BCUT2D eigenvalue weighted by Crippen LogP contribution is 2.33. The number of rotatable bonds is 12. The Morgan fingerprint density at radius 1 is 1.09 bits per heavy atom. The molecule has 0 spiro atoms. The molecule has 3 aliphatic rings. The Balaban J connectivity index is 1.08. The van der Waals surface area contributed by atoms with Crippen LogP contribution in [0.2, 0.25) is 0 Å². The molecule has 14 nitrogen and oxygen atoms in total. The zero-order valence-corrected chi connectivity index (χ0v) is 31.1. The zero-order chi connectivity index (χ0) is 38.4. The topological polar surface area (TPSA) is 167 Å². The van der Waals surface area contributed by atoms with Gasteiger partial charge in [-0.1, -0.05) is 43.2 Å². The molecule has 2 unspecified atom stereocenters. The number of nitrogens with one attached hydrogen (secondary N) is 1. The highest BCUT2D eigenvalue weighted by molar-refractivity contribution is 7.95. The molecule has 6 rings (SSSR count). The Kier molecular flexibility index (Phi) is 12.1. The van der Waals surface area contributed by atoms with Gasteiger partial charge in [0.1, 0.15) is 25.5 Å². The average molecular weight is 761 g/mol. The number of aryl methyl sites for hydroxylation is 1. The first-order chi connectivity index (χ1) is 26.0. The molecule has 1 amide bonds. The number of H-pyrrole nitrogens is 1. The van der Waals surface area contributed by atoms with Crippen LogP contribution in [0.5, 0.6) is 0 Å². The maximum Gasteiger partial charge on any atom is 0.508 e. The minimum absolute atomic E-state index is 0.0165. The van der Waals surface area contributed by atoms with E-state index in [9.17, 15) is 27.6 Å². The summed E-state index contributed by atoms with van der Waals surface area (Å²) in [5, 5.41) is 0. The molecule has 0 saturated carbocycles. The van der Waals surface area contributed by atoms with Gasteiger partial charge in [0, 0.05) is 56.0 Å². The minimum Gasteiger partial charge on any atom is -0.444 e. The number of sulfone groups is 1. The fourth-order valence-corrected chi connectivity index (χ4v) is 8.55. The molecule has 1 N–H and O–H groups in total. The van der Waals surface area contributed by atoms with E-state index in [0.717, 1.165) is 24.0 Å². The summed E-state index contributed by atoms with van der Waals surface area (Å²) in [6, 6.07) is 14.0. The lowest BCUT2D eigenvalue weighted by atomic mass is 10.0. The fraction of sp³-hybridized carbons (Fsp3) is 0.436. The predicted octanol–water partition coefficient (Wildman–Crippen LogP) is 4.37. The normalized spacial score (nSPS) is 21.6. The average Bonchev–Trinajstić information content (AvgIpc) is 3.68. The molecule has 0 radical (unpaired) electrons. The molecule has 1 aromatic heterocycles. The summed E-state index contributed by atoms with van der Waals surface area (Å²) >= 11 is 0. The lowest BCUT2D eigenvalue weighted by Crippen LogP contribution is -2.50. The van der Waals surface area contributed by atoms with Gasteiger partial charge in [0.2, 0.25) is 9.84 Å². The van der Waals surface area contributed by atoms with E-state index in [4.69, 9.17) is 25.4 Å². The monoisotopic (exact) mass is 760 g/mol. The van der Waals surface area contributed by atoms with Crippen LogP contribution in [0.4, 0.5) is 9.59 Å². The number of carbonyl (C=O) groups excluding carboxylic acids is 2. The molecule has 286 valence electrons. The maximum atomic E-state index is 13.5. The van der Waals surface area contributed by atoms with Gasteiger partial charge in [-0.2, -0.15) is 0 Å². The first-order valence-corrected chi connectivity index (χ1v) is 19.5. The third-order valence-corrected chi connectivity index (χ3v) is 11.9. The molecule has 0 bridgehead atoms. The van der Waals surface area contributed by atoms with E-state index in [-0.39, 0.29) is 35.5 Å². The van der Waals surface area contributed by atoms with Crippen molar-refractivity contribution >= 4 is 28.2 Å². The third-order valence-electron chi connectivity index (χ3n) is 9.98. The van der Waals surface area contributed by atoms with Gasteiger partial charge in [0.25, 0.3) is 5.56 Å². The van der Waals surface area contributed by atoms with Gasteiger partial charge in [-0.3, -0.25) is 19.2 Å². The van der Waals surface area contributed by atoms with Crippen LogP contribution in [0.15, 0.2) is 74.1 Å². The minimum atomic E-state index is -3.73. The Hall–Kier alpha value is -5.17. The van der Waals surface area contributed by atoms with Crippen LogP contribution in [-0.2, 0) is 35.3 Å². The number of aromatic amines is 1. The van der Waals surface area contributed by atoms with Gasteiger partial charge in [0.15, 0.2) is 0 Å². The van der Waals surface area contributed by atoms with Crippen molar-refractivity contribution in [2.75, 3.05) is 32.8 Å². The molecule has 0 aliphatic carbocycles. The van der Waals surface area contributed by atoms with Crippen LogP contribution < -0.4 is 11.2 Å². The first kappa shape index (κ1) is 38.6. The Bertz CT molecular complexity index is 2150. The van der Waals surface area contributed by atoms with Crippen LogP contribution in [-0.4, -0.2) is 91.1 Å². The molecule has 2 aromatic carbocycles. The number of likely N-dealkylation sites (tertiary alicyclic amines) is 1. The third kappa shape index (κ3) is 8.78. The van der Waals surface area contributed by atoms with E-state index in [2.05, 4.69) is 15.8 Å². The maximum absolute atomic E-state index is 13.5. The van der Waals surface area contributed by atoms with Crippen molar-refractivity contribution in [1.82, 2.24) is 19.4 Å². The standard InChI is InChI=1S/C39H44N4O10S/c1-4-27-13-15-28(16-14-27)23-41(18-19-50-39(47)53-33-21-35(52-32(33)5-2)43-22-26(3)36(44)40-37(43)45)24-30-11-8-9-17-42(30)38(46)51-25-31-20-29-10-6-7-12-34(29)54(31,48)49/h1,6-7,10,12-16,20,22,30,32-33,35H,5,8-9,11,17-19,21,23-25H2,2-3H3,(H,40,44,45)/t30?,32-,33?,35-/m1/s1. The Morgan fingerprint density at radius 2 is 1.87 bits per heavy atom. The van der Waals surface area contributed by atoms with Crippen molar-refractivity contribution in [2.24, 2.45) is 0 Å². The van der Waals surface area contributed by atoms with Crippen molar-refractivity contribution in [1.29, 1.82) is 0 Å². The number of piperidine rings is 1.